The number of amides is 1. The van der Waals surface area contributed by atoms with Crippen LogP contribution >= 0.6 is 0 Å². The van der Waals surface area contributed by atoms with Crippen LogP contribution in [0.5, 0.6) is 0 Å². The van der Waals surface area contributed by atoms with Gasteiger partial charge in [0.2, 0.25) is 5.91 Å². The fraction of sp³-hybridized carbons (Fsp3) is 0.656. The zero-order valence-corrected chi connectivity index (χ0v) is 22.9. The average Bonchev–Trinajstić information content (AvgIpc) is 2.78. The maximum absolute atomic E-state index is 12.7. The van der Waals surface area contributed by atoms with E-state index in [1.807, 2.05) is 0 Å². The molecule has 0 saturated carbocycles. The summed E-state index contributed by atoms with van der Waals surface area (Å²) in [7, 11) is 0. The number of benzene rings is 2. The molecule has 0 aromatic heterocycles. The monoisotopic (exact) mass is 465 g/mol. The Labute approximate surface area is 210 Å². The van der Waals surface area contributed by atoms with Crippen LogP contribution in [0, 0.1) is 23.7 Å². The van der Waals surface area contributed by atoms with Crippen molar-refractivity contribution < 1.29 is 4.79 Å². The molecule has 0 radical (unpaired) electrons. The molecule has 2 rings (SSSR count). The van der Waals surface area contributed by atoms with Crippen LogP contribution in [0.25, 0.3) is 10.8 Å². The van der Waals surface area contributed by atoms with Gasteiger partial charge in [0.15, 0.2) is 0 Å². The average molecular weight is 466 g/mol. The summed E-state index contributed by atoms with van der Waals surface area (Å²) < 4.78 is 0. The lowest BCUT2D eigenvalue weighted by Gasteiger charge is -2.19. The summed E-state index contributed by atoms with van der Waals surface area (Å²) in [6, 6.07) is 14.8. The van der Waals surface area contributed by atoms with Crippen molar-refractivity contribution in [3.63, 3.8) is 0 Å². The van der Waals surface area contributed by atoms with E-state index in [0.717, 1.165) is 24.2 Å². The Morgan fingerprint density at radius 2 is 1.21 bits per heavy atom. The molecule has 0 aliphatic carbocycles. The molecule has 2 heteroatoms. The maximum Gasteiger partial charge on any atom is 0.220 e. The molecule has 2 nitrogen and oxygen atoms in total. The molecule has 0 spiro atoms. The summed E-state index contributed by atoms with van der Waals surface area (Å²) in [4.78, 5) is 12.7. The summed E-state index contributed by atoms with van der Waals surface area (Å²) >= 11 is 0. The third-order valence-electron chi connectivity index (χ3n) is 7.47. The Bertz CT molecular complexity index is 837. The lowest BCUT2D eigenvalue weighted by molar-refractivity contribution is -0.122. The number of carbonyl (C=O) groups is 1. The van der Waals surface area contributed by atoms with Gasteiger partial charge in [-0.25, -0.2) is 0 Å². The first kappa shape index (κ1) is 28.4. The van der Waals surface area contributed by atoms with Crippen molar-refractivity contribution in [3.05, 3.63) is 48.0 Å². The quantitative estimate of drug-likeness (QED) is 0.263. The van der Waals surface area contributed by atoms with E-state index in [9.17, 15) is 4.79 Å². The highest BCUT2D eigenvalue weighted by molar-refractivity contribution is 5.86. The van der Waals surface area contributed by atoms with E-state index in [-0.39, 0.29) is 11.9 Å². The highest BCUT2D eigenvalue weighted by Crippen LogP contribution is 2.25. The van der Waals surface area contributed by atoms with Crippen LogP contribution in [0.1, 0.15) is 117 Å². The fourth-order valence-electron chi connectivity index (χ4n) is 5.22. The number of hydrogen-bond acceptors (Lipinski definition) is 1. The van der Waals surface area contributed by atoms with Crippen molar-refractivity contribution in [3.8, 4) is 0 Å². The van der Waals surface area contributed by atoms with Gasteiger partial charge in [-0.2, -0.15) is 0 Å². The molecular weight excluding hydrogens is 414 g/mol. The Kier molecular flexibility index (Phi) is 12.7. The van der Waals surface area contributed by atoms with Crippen LogP contribution in [-0.2, 0) is 4.79 Å². The molecule has 1 N–H and O–H groups in total. The summed E-state index contributed by atoms with van der Waals surface area (Å²) in [5, 5.41) is 5.69. The minimum absolute atomic E-state index is 0.0265. The van der Waals surface area contributed by atoms with Gasteiger partial charge in [-0.3, -0.25) is 4.79 Å². The summed E-state index contributed by atoms with van der Waals surface area (Å²) in [5.74, 6) is 3.13. The molecule has 0 heterocycles. The van der Waals surface area contributed by atoms with Gasteiger partial charge in [-0.05, 0) is 46.9 Å². The maximum atomic E-state index is 12.7. The smallest absolute Gasteiger partial charge is 0.220 e. The SMILES string of the molecule is CC(C)CCC[C@@H](C)CCC[C@@H](C)CCC[C@@H](C)CC(=O)N[C@H](C)c1cccc2ccccc12. The van der Waals surface area contributed by atoms with Gasteiger partial charge < -0.3 is 5.32 Å². The van der Waals surface area contributed by atoms with E-state index in [2.05, 4.69) is 89.3 Å². The van der Waals surface area contributed by atoms with Crippen LogP contribution in [0.15, 0.2) is 42.5 Å². The summed E-state index contributed by atoms with van der Waals surface area (Å²) in [5.41, 5.74) is 1.20. The van der Waals surface area contributed by atoms with Crippen molar-refractivity contribution in [1.82, 2.24) is 5.32 Å². The molecule has 0 saturated heterocycles. The Morgan fingerprint density at radius 1 is 0.676 bits per heavy atom. The largest absolute Gasteiger partial charge is 0.350 e. The standard InChI is InChI=1S/C32H51NO/c1-24(2)13-9-14-25(3)15-10-16-26(4)17-11-18-27(5)23-32(34)33-28(6)30-22-12-20-29-19-7-8-21-31(29)30/h7-8,12,19-22,24-28H,9-11,13-18,23H2,1-6H3,(H,33,34)/t25-,26-,27-,28-/m1/s1. The predicted octanol–water partition coefficient (Wildman–Crippen LogP) is 9.48. The predicted molar refractivity (Wildman–Crippen MR) is 149 cm³/mol. The van der Waals surface area contributed by atoms with Crippen molar-refractivity contribution in [2.45, 2.75) is 112 Å². The first-order chi connectivity index (χ1) is 16.3. The van der Waals surface area contributed by atoms with Crippen molar-refractivity contribution in [2.24, 2.45) is 23.7 Å². The molecule has 190 valence electrons. The zero-order valence-electron chi connectivity index (χ0n) is 22.9. The van der Waals surface area contributed by atoms with E-state index >= 15 is 0 Å². The van der Waals surface area contributed by atoms with E-state index in [0.29, 0.717) is 12.3 Å². The van der Waals surface area contributed by atoms with E-state index in [1.165, 1.54) is 67.7 Å². The number of fused-ring (bicyclic) bond motifs is 1. The van der Waals surface area contributed by atoms with E-state index in [1.54, 1.807) is 0 Å². The molecule has 1 amide bonds. The van der Waals surface area contributed by atoms with Crippen molar-refractivity contribution in [1.29, 1.82) is 0 Å². The number of rotatable bonds is 16. The molecule has 0 aliphatic heterocycles. The minimum atomic E-state index is 0.0265. The second-order valence-electron chi connectivity index (χ2n) is 11.6. The summed E-state index contributed by atoms with van der Waals surface area (Å²) in [6.07, 6.45) is 12.6. The third-order valence-corrected chi connectivity index (χ3v) is 7.47. The van der Waals surface area contributed by atoms with Crippen LogP contribution in [0.2, 0.25) is 0 Å². The lowest BCUT2D eigenvalue weighted by Crippen LogP contribution is -2.28. The van der Waals surface area contributed by atoms with Crippen molar-refractivity contribution in [2.75, 3.05) is 0 Å². The second kappa shape index (κ2) is 15.2. The van der Waals surface area contributed by atoms with Crippen LogP contribution in [-0.4, -0.2) is 5.91 Å². The Hall–Kier alpha value is -1.83. The fourth-order valence-corrected chi connectivity index (χ4v) is 5.22. The second-order valence-corrected chi connectivity index (χ2v) is 11.6. The van der Waals surface area contributed by atoms with Gasteiger partial charge in [0.25, 0.3) is 0 Å². The molecule has 0 unspecified atom stereocenters. The molecule has 4 atom stereocenters. The van der Waals surface area contributed by atoms with Gasteiger partial charge in [-0.15, -0.1) is 0 Å². The Morgan fingerprint density at radius 3 is 1.82 bits per heavy atom. The van der Waals surface area contributed by atoms with Gasteiger partial charge in [0.1, 0.15) is 0 Å². The van der Waals surface area contributed by atoms with Gasteiger partial charge in [0, 0.05) is 6.42 Å². The van der Waals surface area contributed by atoms with Crippen LogP contribution < -0.4 is 5.32 Å². The molecular formula is C32H51NO. The first-order valence-electron chi connectivity index (χ1n) is 14.0. The third kappa shape index (κ3) is 10.6. The normalized spacial score (nSPS) is 15.3. The van der Waals surface area contributed by atoms with Crippen LogP contribution in [0.3, 0.4) is 0 Å². The van der Waals surface area contributed by atoms with E-state index < -0.39 is 0 Å². The van der Waals surface area contributed by atoms with E-state index in [4.69, 9.17) is 0 Å². The first-order valence-corrected chi connectivity index (χ1v) is 14.0. The molecule has 0 aliphatic rings. The molecule has 0 fully saturated rings. The minimum Gasteiger partial charge on any atom is -0.350 e. The summed E-state index contributed by atoms with van der Waals surface area (Å²) in [6.45, 7) is 13.8. The van der Waals surface area contributed by atoms with Gasteiger partial charge in [-0.1, -0.05) is 135 Å². The van der Waals surface area contributed by atoms with Gasteiger partial charge in [0.05, 0.1) is 6.04 Å². The molecule has 0 bridgehead atoms. The molecule has 34 heavy (non-hydrogen) atoms. The van der Waals surface area contributed by atoms with Crippen molar-refractivity contribution >= 4 is 16.7 Å². The van der Waals surface area contributed by atoms with Crippen LogP contribution in [0.4, 0.5) is 0 Å². The highest BCUT2D eigenvalue weighted by Gasteiger charge is 2.15. The highest BCUT2D eigenvalue weighted by atomic mass is 16.1. The molecule has 2 aromatic carbocycles. The number of nitrogens with one attached hydrogen (secondary N) is 1. The van der Waals surface area contributed by atoms with Gasteiger partial charge >= 0.3 is 0 Å². The number of hydrogen-bond donors (Lipinski definition) is 1. The molecule has 2 aromatic rings. The zero-order chi connectivity index (χ0) is 24.9. The topological polar surface area (TPSA) is 29.1 Å². The number of carbonyl (C=O) groups excluding carboxylic acids is 1. The lowest BCUT2D eigenvalue weighted by atomic mass is 9.90. The Balaban J connectivity index is 1.61.